The number of methoxy groups -OCH3 is 1. The predicted molar refractivity (Wildman–Crippen MR) is 160 cm³/mol. The third-order valence-electron chi connectivity index (χ3n) is 6.52. The van der Waals surface area contributed by atoms with Crippen molar-refractivity contribution in [3.05, 3.63) is 66.7 Å². The van der Waals surface area contributed by atoms with Crippen molar-refractivity contribution in [3.8, 4) is 22.9 Å². The van der Waals surface area contributed by atoms with Gasteiger partial charge in [-0.1, -0.05) is 18.2 Å². The van der Waals surface area contributed by atoms with E-state index in [0.717, 1.165) is 19.4 Å². The normalized spacial score (nSPS) is 12.1. The second kappa shape index (κ2) is 12.8. The zero-order chi connectivity index (χ0) is 29.6. The van der Waals surface area contributed by atoms with Gasteiger partial charge in [-0.3, -0.25) is 0 Å². The third-order valence-corrected chi connectivity index (χ3v) is 9.23. The van der Waals surface area contributed by atoms with Crippen LogP contribution in [-0.2, 0) is 19.7 Å². The Balaban J connectivity index is 1.46. The summed E-state index contributed by atoms with van der Waals surface area (Å²) in [6.45, 7) is 1.70. The summed E-state index contributed by atoms with van der Waals surface area (Å²) >= 11 is 0. The van der Waals surface area contributed by atoms with E-state index in [1.165, 1.54) is 18.4 Å². The first-order valence-corrected chi connectivity index (χ1v) is 16.6. The smallest absolute Gasteiger partial charge is 0.206 e. The standard InChI is InChI=1S/C29H34N4O6S2/c1-33(16-18-40(3,34)35)15-7-8-17-39-27-19-24-25(20-26(27)38-2)31-29(32-28(24)30)21-11-13-23(14-12-21)41(36,37)22-9-5-4-6-10-22/h4-6,9-14,19-20H,7-8,15-18H2,1-3H3,(H2,30,31,32). The molecule has 1 aromatic heterocycles. The summed E-state index contributed by atoms with van der Waals surface area (Å²) in [5.74, 6) is 1.77. The fourth-order valence-corrected chi connectivity index (χ4v) is 6.11. The Labute approximate surface area is 241 Å². The average molecular weight is 599 g/mol. The van der Waals surface area contributed by atoms with Crippen molar-refractivity contribution in [2.45, 2.75) is 22.6 Å². The maximum Gasteiger partial charge on any atom is 0.206 e. The number of nitrogens with two attached hydrogens (primary N) is 1. The van der Waals surface area contributed by atoms with Gasteiger partial charge < -0.3 is 20.1 Å². The molecule has 0 aliphatic rings. The molecule has 218 valence electrons. The van der Waals surface area contributed by atoms with E-state index < -0.39 is 19.7 Å². The van der Waals surface area contributed by atoms with Crippen LogP contribution >= 0.6 is 0 Å². The lowest BCUT2D eigenvalue weighted by Crippen LogP contribution is -2.26. The molecule has 4 aromatic rings. The van der Waals surface area contributed by atoms with Gasteiger partial charge in [0.1, 0.15) is 15.7 Å². The van der Waals surface area contributed by atoms with Gasteiger partial charge in [0, 0.05) is 29.8 Å². The number of nitrogen functional groups attached to an aromatic ring is 1. The molecule has 0 bridgehead atoms. The molecule has 10 nitrogen and oxygen atoms in total. The van der Waals surface area contributed by atoms with Crippen LogP contribution in [0.4, 0.5) is 5.82 Å². The molecule has 12 heteroatoms. The molecule has 3 aromatic carbocycles. The molecule has 0 fully saturated rings. The summed E-state index contributed by atoms with van der Waals surface area (Å²) in [5.41, 5.74) is 7.48. The van der Waals surface area contributed by atoms with Gasteiger partial charge >= 0.3 is 0 Å². The summed E-state index contributed by atoms with van der Waals surface area (Å²) in [7, 11) is -3.17. The average Bonchev–Trinajstić information content (AvgIpc) is 2.95. The van der Waals surface area contributed by atoms with Crippen molar-refractivity contribution in [3.63, 3.8) is 0 Å². The van der Waals surface area contributed by atoms with Crippen LogP contribution in [0.2, 0.25) is 0 Å². The molecule has 1 heterocycles. The van der Waals surface area contributed by atoms with E-state index in [1.54, 1.807) is 61.7 Å². The van der Waals surface area contributed by atoms with Gasteiger partial charge in [-0.25, -0.2) is 26.8 Å². The van der Waals surface area contributed by atoms with E-state index in [2.05, 4.69) is 9.97 Å². The Morgan fingerprint density at radius 3 is 2.20 bits per heavy atom. The van der Waals surface area contributed by atoms with Crippen LogP contribution in [0, 0.1) is 0 Å². The van der Waals surface area contributed by atoms with E-state index >= 15 is 0 Å². The van der Waals surface area contributed by atoms with Crippen molar-refractivity contribution < 1.29 is 26.3 Å². The first kappa shape index (κ1) is 30.2. The summed E-state index contributed by atoms with van der Waals surface area (Å²) in [6, 6.07) is 18.1. The van der Waals surface area contributed by atoms with E-state index in [-0.39, 0.29) is 21.4 Å². The number of sulfone groups is 2. The number of hydrogen-bond donors (Lipinski definition) is 1. The Morgan fingerprint density at radius 1 is 0.854 bits per heavy atom. The number of benzene rings is 3. The van der Waals surface area contributed by atoms with Crippen LogP contribution in [0.25, 0.3) is 22.3 Å². The first-order chi connectivity index (χ1) is 19.5. The summed E-state index contributed by atoms with van der Waals surface area (Å²) in [5, 5.41) is 0.605. The van der Waals surface area contributed by atoms with Crippen molar-refractivity contribution >= 4 is 36.4 Å². The second-order valence-corrected chi connectivity index (χ2v) is 14.0. The quantitative estimate of drug-likeness (QED) is 0.226. The number of hydrogen-bond acceptors (Lipinski definition) is 10. The highest BCUT2D eigenvalue weighted by Gasteiger charge is 2.18. The number of anilines is 1. The van der Waals surface area contributed by atoms with Crippen LogP contribution < -0.4 is 15.2 Å². The molecule has 0 atom stereocenters. The van der Waals surface area contributed by atoms with Crippen molar-refractivity contribution in [2.24, 2.45) is 0 Å². The van der Waals surface area contributed by atoms with Gasteiger partial charge in [0.05, 0.1) is 34.8 Å². The Bertz CT molecular complexity index is 1710. The number of nitrogens with zero attached hydrogens (tertiary/aromatic N) is 3. The molecule has 2 N–H and O–H groups in total. The number of ether oxygens (including phenoxy) is 2. The van der Waals surface area contributed by atoms with E-state index in [4.69, 9.17) is 15.2 Å². The van der Waals surface area contributed by atoms with Gasteiger partial charge in [0.2, 0.25) is 9.84 Å². The maximum absolute atomic E-state index is 12.9. The van der Waals surface area contributed by atoms with E-state index in [1.807, 2.05) is 11.9 Å². The minimum absolute atomic E-state index is 0.140. The maximum atomic E-state index is 12.9. The van der Waals surface area contributed by atoms with Crippen LogP contribution in [0.5, 0.6) is 11.5 Å². The van der Waals surface area contributed by atoms with E-state index in [9.17, 15) is 16.8 Å². The topological polar surface area (TPSA) is 142 Å². The molecule has 0 saturated heterocycles. The van der Waals surface area contributed by atoms with Gasteiger partial charge in [-0.15, -0.1) is 0 Å². The number of fused-ring (bicyclic) bond motifs is 1. The lowest BCUT2D eigenvalue weighted by atomic mass is 10.1. The Morgan fingerprint density at radius 2 is 1.54 bits per heavy atom. The van der Waals surface area contributed by atoms with Crippen molar-refractivity contribution in [1.29, 1.82) is 0 Å². The molecule has 0 saturated carbocycles. The van der Waals surface area contributed by atoms with Crippen LogP contribution in [-0.4, -0.2) is 77.6 Å². The lowest BCUT2D eigenvalue weighted by Gasteiger charge is -2.16. The first-order valence-electron chi connectivity index (χ1n) is 13.0. The fraction of sp³-hybridized carbons (Fsp3) is 0.310. The minimum Gasteiger partial charge on any atom is -0.493 e. The molecular formula is C29H34N4O6S2. The molecule has 41 heavy (non-hydrogen) atoms. The highest BCUT2D eigenvalue weighted by atomic mass is 32.2. The zero-order valence-electron chi connectivity index (χ0n) is 23.3. The van der Waals surface area contributed by atoms with Gasteiger partial charge in [0.25, 0.3) is 0 Å². The Kier molecular flexibility index (Phi) is 9.46. The van der Waals surface area contributed by atoms with Crippen LogP contribution in [0.15, 0.2) is 76.5 Å². The van der Waals surface area contributed by atoms with Crippen LogP contribution in [0.1, 0.15) is 12.8 Å². The molecule has 0 spiro atoms. The zero-order valence-corrected chi connectivity index (χ0v) is 24.9. The number of rotatable bonds is 13. The molecular weight excluding hydrogens is 564 g/mol. The Hall–Kier alpha value is -3.74. The number of unbranched alkanes of at least 4 members (excludes halogenated alkanes) is 1. The van der Waals surface area contributed by atoms with Crippen molar-refractivity contribution in [1.82, 2.24) is 14.9 Å². The largest absolute Gasteiger partial charge is 0.493 e. The predicted octanol–water partition coefficient (Wildman–Crippen LogP) is 3.86. The summed E-state index contributed by atoms with van der Waals surface area (Å²) in [4.78, 5) is 11.5. The molecule has 0 unspecified atom stereocenters. The molecule has 0 aliphatic heterocycles. The van der Waals surface area contributed by atoms with Gasteiger partial charge in [-0.2, -0.15) is 0 Å². The summed E-state index contributed by atoms with van der Waals surface area (Å²) in [6.07, 6.45) is 2.85. The second-order valence-electron chi connectivity index (χ2n) is 9.78. The highest BCUT2D eigenvalue weighted by molar-refractivity contribution is 7.91. The van der Waals surface area contributed by atoms with Crippen molar-refractivity contribution in [2.75, 3.05) is 51.6 Å². The molecule has 0 radical (unpaired) electrons. The van der Waals surface area contributed by atoms with Gasteiger partial charge in [-0.05, 0) is 68.9 Å². The van der Waals surface area contributed by atoms with Gasteiger partial charge in [0.15, 0.2) is 17.3 Å². The van der Waals surface area contributed by atoms with Crippen LogP contribution in [0.3, 0.4) is 0 Å². The minimum atomic E-state index is -3.64. The van der Waals surface area contributed by atoms with E-state index in [0.29, 0.717) is 46.9 Å². The summed E-state index contributed by atoms with van der Waals surface area (Å²) < 4.78 is 60.0. The third kappa shape index (κ3) is 7.72. The molecule has 0 amide bonds. The fourth-order valence-electron chi connectivity index (χ4n) is 4.18. The number of aromatic nitrogens is 2. The molecule has 4 rings (SSSR count). The lowest BCUT2D eigenvalue weighted by molar-refractivity contribution is 0.272. The molecule has 0 aliphatic carbocycles. The highest BCUT2D eigenvalue weighted by Crippen LogP contribution is 2.35. The monoisotopic (exact) mass is 598 g/mol. The SMILES string of the molecule is COc1cc2nc(-c3ccc(S(=O)(=O)c4ccccc4)cc3)nc(N)c2cc1OCCCCN(C)CCS(C)(=O)=O.